The molecule has 0 rings (SSSR count). The minimum atomic E-state index is -0.589. The molecule has 0 aliphatic rings. The Kier molecular flexibility index (Phi) is 4.13. The van der Waals surface area contributed by atoms with Gasteiger partial charge in [0.2, 0.25) is 0 Å². The Labute approximate surface area is 66.3 Å². The average molecular weight is 164 g/mol. The quantitative estimate of drug-likeness (QED) is 0.552. The summed E-state index contributed by atoms with van der Waals surface area (Å²) in [5.41, 5.74) is 0. The molecule has 62 valence electrons. The summed E-state index contributed by atoms with van der Waals surface area (Å²) in [7, 11) is 5.76. The fourth-order valence-electron chi connectivity index (χ4n) is 0.520. The summed E-state index contributed by atoms with van der Waals surface area (Å²) in [6.45, 7) is 2.96. The average Bonchev–Trinajstić information content (AvgIpc) is 1.81. The summed E-state index contributed by atoms with van der Waals surface area (Å²) in [5, 5.41) is 0. The maximum atomic E-state index is 11.0. The predicted molar refractivity (Wildman–Crippen MR) is 46.4 cm³/mol. The van der Waals surface area contributed by atoms with Gasteiger partial charge in [-0.05, 0) is 0 Å². The van der Waals surface area contributed by atoms with Gasteiger partial charge in [-0.1, -0.05) is 6.92 Å². The molecular weight excluding hydrogens is 146 g/mol. The van der Waals surface area contributed by atoms with E-state index in [1.807, 2.05) is 6.92 Å². The number of rotatable bonds is 4. The normalized spacial score (nSPS) is 15.2. The van der Waals surface area contributed by atoms with Gasteiger partial charge in [-0.2, -0.15) is 0 Å². The van der Waals surface area contributed by atoms with Crippen molar-refractivity contribution in [2.24, 2.45) is 0 Å². The van der Waals surface area contributed by atoms with Crippen LogP contribution in [0.5, 0.6) is 0 Å². The van der Waals surface area contributed by atoms with Gasteiger partial charge < -0.3 is 4.48 Å². The molecule has 0 spiro atoms. The Bertz CT molecular complexity index is 117. The number of hydrogen-bond donors (Lipinski definition) is 0. The van der Waals surface area contributed by atoms with Crippen LogP contribution in [-0.2, 0) is 10.8 Å². The Morgan fingerprint density at radius 1 is 1.30 bits per heavy atom. The predicted octanol–water partition coefficient (Wildman–Crippen LogP) is 0.461. The molecule has 3 heteroatoms. The molecule has 0 fully saturated rings. The Morgan fingerprint density at radius 2 is 1.80 bits per heavy atom. The van der Waals surface area contributed by atoms with E-state index in [1.165, 1.54) is 0 Å². The van der Waals surface area contributed by atoms with Crippen LogP contribution in [0.15, 0.2) is 0 Å². The zero-order chi connectivity index (χ0) is 8.20. The highest BCUT2D eigenvalue weighted by atomic mass is 32.2. The zero-order valence-corrected chi connectivity index (χ0v) is 8.20. The van der Waals surface area contributed by atoms with Crippen LogP contribution in [0.4, 0.5) is 0 Å². The van der Waals surface area contributed by atoms with Crippen LogP contribution < -0.4 is 0 Å². The van der Waals surface area contributed by atoms with Crippen LogP contribution >= 0.6 is 0 Å². The smallest absolute Gasteiger partial charge is 0.0897 e. The SMILES string of the molecule is CCS(=O)CC[N+](C)(C)C. The van der Waals surface area contributed by atoms with Gasteiger partial charge in [0.05, 0.1) is 33.4 Å². The highest BCUT2D eigenvalue weighted by Gasteiger charge is 2.07. The lowest BCUT2D eigenvalue weighted by atomic mass is 10.6. The Balaban J connectivity index is 3.46. The molecule has 0 amide bonds. The first-order valence-corrected chi connectivity index (χ1v) is 5.10. The highest BCUT2D eigenvalue weighted by molar-refractivity contribution is 7.84. The zero-order valence-electron chi connectivity index (χ0n) is 7.39. The van der Waals surface area contributed by atoms with E-state index in [2.05, 4.69) is 21.1 Å². The molecule has 0 heterocycles. The molecule has 0 saturated heterocycles. The van der Waals surface area contributed by atoms with Crippen molar-refractivity contribution in [1.82, 2.24) is 0 Å². The first kappa shape index (κ1) is 10.1. The molecule has 2 nitrogen and oxygen atoms in total. The third-order valence-corrected chi connectivity index (χ3v) is 2.59. The fraction of sp³-hybridized carbons (Fsp3) is 1.00. The van der Waals surface area contributed by atoms with E-state index in [0.29, 0.717) is 0 Å². The monoisotopic (exact) mass is 164 g/mol. The van der Waals surface area contributed by atoms with Gasteiger partial charge in [0.25, 0.3) is 0 Å². The molecular formula is C7H18NOS+. The largest absolute Gasteiger partial charge is 0.330 e. The van der Waals surface area contributed by atoms with Crippen molar-refractivity contribution in [2.45, 2.75) is 6.92 Å². The highest BCUT2D eigenvalue weighted by Crippen LogP contribution is 1.91. The van der Waals surface area contributed by atoms with Crippen LogP contribution in [0, 0.1) is 0 Å². The van der Waals surface area contributed by atoms with Crippen molar-refractivity contribution in [1.29, 1.82) is 0 Å². The van der Waals surface area contributed by atoms with Crippen LogP contribution in [-0.4, -0.2) is 47.9 Å². The van der Waals surface area contributed by atoms with E-state index in [0.717, 1.165) is 22.5 Å². The van der Waals surface area contributed by atoms with Crippen molar-refractivity contribution in [2.75, 3.05) is 39.2 Å². The lowest BCUT2D eigenvalue weighted by Gasteiger charge is -2.23. The summed E-state index contributed by atoms with van der Waals surface area (Å²) in [6.07, 6.45) is 0. The van der Waals surface area contributed by atoms with Gasteiger partial charge in [0.1, 0.15) is 0 Å². The Morgan fingerprint density at radius 3 is 2.10 bits per heavy atom. The fourth-order valence-corrected chi connectivity index (χ4v) is 1.56. The van der Waals surface area contributed by atoms with Crippen LogP contribution in [0.1, 0.15) is 6.92 Å². The molecule has 0 aromatic heterocycles. The van der Waals surface area contributed by atoms with Gasteiger partial charge in [-0.25, -0.2) is 0 Å². The van der Waals surface area contributed by atoms with Crippen molar-refractivity contribution in [3.05, 3.63) is 0 Å². The minimum absolute atomic E-state index is 0.589. The molecule has 1 unspecified atom stereocenters. The molecule has 10 heavy (non-hydrogen) atoms. The third kappa shape index (κ3) is 6.23. The van der Waals surface area contributed by atoms with E-state index in [-0.39, 0.29) is 0 Å². The van der Waals surface area contributed by atoms with Gasteiger partial charge in [0, 0.05) is 16.6 Å². The van der Waals surface area contributed by atoms with Gasteiger partial charge in [0.15, 0.2) is 0 Å². The molecule has 0 aromatic carbocycles. The van der Waals surface area contributed by atoms with Gasteiger partial charge in [-0.3, -0.25) is 4.21 Å². The standard InChI is InChI=1S/C7H18NOS/c1-5-10(9)7-6-8(2,3)4/h5-7H2,1-4H3/q+1. The lowest BCUT2D eigenvalue weighted by molar-refractivity contribution is -0.867. The lowest BCUT2D eigenvalue weighted by Crippen LogP contribution is -2.38. The van der Waals surface area contributed by atoms with Gasteiger partial charge >= 0.3 is 0 Å². The second-order valence-electron chi connectivity index (χ2n) is 3.45. The Hall–Kier alpha value is 0.110. The van der Waals surface area contributed by atoms with E-state index < -0.39 is 10.8 Å². The van der Waals surface area contributed by atoms with Crippen molar-refractivity contribution in [3.63, 3.8) is 0 Å². The van der Waals surface area contributed by atoms with Crippen molar-refractivity contribution in [3.8, 4) is 0 Å². The summed E-state index contributed by atoms with van der Waals surface area (Å²) >= 11 is 0. The van der Waals surface area contributed by atoms with E-state index in [4.69, 9.17) is 0 Å². The topological polar surface area (TPSA) is 17.1 Å². The molecule has 0 aliphatic heterocycles. The summed E-state index contributed by atoms with van der Waals surface area (Å²) < 4.78 is 11.9. The first-order chi connectivity index (χ1) is 4.45. The second kappa shape index (κ2) is 4.09. The maximum absolute atomic E-state index is 11.0. The third-order valence-electron chi connectivity index (χ3n) is 1.31. The summed E-state index contributed by atoms with van der Waals surface area (Å²) in [5.74, 6) is 1.62. The molecule has 0 saturated carbocycles. The molecule has 1 atom stereocenters. The van der Waals surface area contributed by atoms with E-state index in [1.54, 1.807) is 0 Å². The molecule has 0 aliphatic carbocycles. The number of quaternary nitrogens is 1. The molecule has 0 aromatic rings. The summed E-state index contributed by atoms with van der Waals surface area (Å²) in [6, 6.07) is 0. The van der Waals surface area contributed by atoms with Crippen molar-refractivity contribution < 1.29 is 8.69 Å². The molecule has 0 bridgehead atoms. The van der Waals surface area contributed by atoms with Crippen LogP contribution in [0.3, 0.4) is 0 Å². The first-order valence-electron chi connectivity index (χ1n) is 3.61. The van der Waals surface area contributed by atoms with E-state index in [9.17, 15) is 4.21 Å². The van der Waals surface area contributed by atoms with Crippen LogP contribution in [0.2, 0.25) is 0 Å². The van der Waals surface area contributed by atoms with E-state index >= 15 is 0 Å². The maximum Gasteiger partial charge on any atom is 0.0897 e. The summed E-state index contributed by atoms with van der Waals surface area (Å²) in [4.78, 5) is 0. The van der Waals surface area contributed by atoms with Crippen molar-refractivity contribution >= 4 is 10.8 Å². The van der Waals surface area contributed by atoms with Crippen LogP contribution in [0.25, 0.3) is 0 Å². The minimum Gasteiger partial charge on any atom is -0.330 e. The van der Waals surface area contributed by atoms with Gasteiger partial charge in [-0.15, -0.1) is 0 Å². The number of nitrogens with zero attached hydrogens (tertiary/aromatic N) is 1. The second-order valence-corrected chi connectivity index (χ2v) is 5.31. The molecule has 0 N–H and O–H groups in total. The molecule has 0 radical (unpaired) electrons. The number of hydrogen-bond acceptors (Lipinski definition) is 1.